The van der Waals surface area contributed by atoms with E-state index in [4.69, 9.17) is 0 Å². The van der Waals surface area contributed by atoms with Crippen LogP contribution >= 0.6 is 0 Å². The van der Waals surface area contributed by atoms with E-state index in [1.165, 1.54) is 36.1 Å². The minimum Gasteiger partial charge on any atom is -0.313 e. The molecule has 0 aromatic heterocycles. The monoisotopic (exact) mass is 272 g/mol. The lowest BCUT2D eigenvalue weighted by Gasteiger charge is -2.25. The van der Waals surface area contributed by atoms with Crippen molar-refractivity contribution in [2.45, 2.75) is 39.2 Å². The molecular formula is C18H28N2. The summed E-state index contributed by atoms with van der Waals surface area (Å²) in [5.41, 5.74) is 4.55. The van der Waals surface area contributed by atoms with Gasteiger partial charge >= 0.3 is 0 Å². The second-order valence-corrected chi connectivity index (χ2v) is 5.41. The Balaban J connectivity index is 0.000000704. The summed E-state index contributed by atoms with van der Waals surface area (Å²) >= 11 is 0. The van der Waals surface area contributed by atoms with Crippen LogP contribution in [0.25, 0.3) is 5.57 Å². The summed E-state index contributed by atoms with van der Waals surface area (Å²) in [4.78, 5) is 2.50. The van der Waals surface area contributed by atoms with Gasteiger partial charge in [-0.15, -0.1) is 0 Å². The van der Waals surface area contributed by atoms with Gasteiger partial charge in [-0.25, -0.2) is 0 Å². The Hall–Kier alpha value is -1.12. The van der Waals surface area contributed by atoms with Crippen LogP contribution in [0.15, 0.2) is 30.3 Å². The summed E-state index contributed by atoms with van der Waals surface area (Å²) in [5.74, 6) is 0. The highest BCUT2D eigenvalue weighted by Gasteiger charge is 2.25. The SMILES string of the molecule is CC.CN1CCCC1c1ccccc1C1=CCNCC1. The second kappa shape index (κ2) is 7.61. The Labute approximate surface area is 123 Å². The molecule has 0 aliphatic carbocycles. The number of likely N-dealkylation sites (tertiary alicyclic amines) is 1. The second-order valence-electron chi connectivity index (χ2n) is 5.41. The molecule has 1 fully saturated rings. The quantitative estimate of drug-likeness (QED) is 0.879. The number of nitrogens with zero attached hydrogens (tertiary/aromatic N) is 1. The number of nitrogens with one attached hydrogen (secondary N) is 1. The van der Waals surface area contributed by atoms with Crippen molar-refractivity contribution in [1.82, 2.24) is 10.2 Å². The van der Waals surface area contributed by atoms with E-state index in [-0.39, 0.29) is 0 Å². The van der Waals surface area contributed by atoms with Crippen molar-refractivity contribution in [3.05, 3.63) is 41.5 Å². The van der Waals surface area contributed by atoms with Crippen molar-refractivity contribution >= 4 is 5.57 Å². The van der Waals surface area contributed by atoms with Gasteiger partial charge in [0.25, 0.3) is 0 Å². The molecular weight excluding hydrogens is 244 g/mol. The van der Waals surface area contributed by atoms with Crippen molar-refractivity contribution in [3.63, 3.8) is 0 Å². The first-order valence-corrected chi connectivity index (χ1v) is 8.05. The van der Waals surface area contributed by atoms with Crippen molar-refractivity contribution in [2.75, 3.05) is 26.7 Å². The molecule has 0 saturated carbocycles. The van der Waals surface area contributed by atoms with Crippen LogP contribution < -0.4 is 5.32 Å². The molecule has 0 bridgehead atoms. The molecule has 1 N–H and O–H groups in total. The summed E-state index contributed by atoms with van der Waals surface area (Å²) in [6.45, 7) is 7.37. The molecule has 2 aliphatic rings. The number of rotatable bonds is 2. The molecule has 0 spiro atoms. The molecule has 1 atom stereocenters. The molecule has 1 unspecified atom stereocenters. The lowest BCUT2D eigenvalue weighted by Crippen LogP contribution is -2.22. The minimum atomic E-state index is 0.622. The van der Waals surface area contributed by atoms with Gasteiger partial charge in [0.1, 0.15) is 0 Å². The molecule has 1 aromatic rings. The Kier molecular flexibility index (Phi) is 5.81. The number of hydrogen-bond donors (Lipinski definition) is 1. The topological polar surface area (TPSA) is 15.3 Å². The highest BCUT2D eigenvalue weighted by atomic mass is 15.1. The first kappa shape index (κ1) is 15.3. The summed E-state index contributed by atoms with van der Waals surface area (Å²) in [6.07, 6.45) is 6.15. The Morgan fingerprint density at radius 3 is 2.65 bits per heavy atom. The molecule has 2 heterocycles. The van der Waals surface area contributed by atoms with Crippen molar-refractivity contribution in [2.24, 2.45) is 0 Å². The van der Waals surface area contributed by atoms with Crippen LogP contribution in [0.5, 0.6) is 0 Å². The smallest absolute Gasteiger partial charge is 0.0351 e. The van der Waals surface area contributed by atoms with Crippen molar-refractivity contribution in [3.8, 4) is 0 Å². The fourth-order valence-electron chi connectivity index (χ4n) is 3.25. The zero-order valence-electron chi connectivity index (χ0n) is 13.2. The molecule has 1 aromatic carbocycles. The minimum absolute atomic E-state index is 0.622. The lowest BCUT2D eigenvalue weighted by molar-refractivity contribution is 0.317. The maximum Gasteiger partial charge on any atom is 0.0351 e. The van der Waals surface area contributed by atoms with Crippen LogP contribution in [0.3, 0.4) is 0 Å². The van der Waals surface area contributed by atoms with Crippen molar-refractivity contribution < 1.29 is 0 Å². The molecule has 0 amide bonds. The maximum atomic E-state index is 3.40. The zero-order chi connectivity index (χ0) is 14.4. The third-order valence-corrected chi connectivity index (χ3v) is 4.25. The molecule has 3 rings (SSSR count). The largest absolute Gasteiger partial charge is 0.313 e. The van der Waals surface area contributed by atoms with E-state index in [0.717, 1.165) is 19.5 Å². The van der Waals surface area contributed by atoms with Crippen LogP contribution in [0, 0.1) is 0 Å². The van der Waals surface area contributed by atoms with Crippen LogP contribution in [-0.2, 0) is 0 Å². The predicted molar refractivity (Wildman–Crippen MR) is 87.9 cm³/mol. The first-order valence-electron chi connectivity index (χ1n) is 8.05. The van der Waals surface area contributed by atoms with E-state index in [1.54, 1.807) is 0 Å². The zero-order valence-corrected chi connectivity index (χ0v) is 13.2. The van der Waals surface area contributed by atoms with E-state index < -0.39 is 0 Å². The van der Waals surface area contributed by atoms with Gasteiger partial charge in [0, 0.05) is 12.6 Å². The summed E-state index contributed by atoms with van der Waals surface area (Å²) in [7, 11) is 2.26. The molecule has 1 saturated heterocycles. The Bertz CT molecular complexity index is 450. The maximum absolute atomic E-state index is 3.40. The fraction of sp³-hybridized carbons (Fsp3) is 0.556. The Morgan fingerprint density at radius 1 is 1.20 bits per heavy atom. The van der Waals surface area contributed by atoms with Gasteiger partial charge in [-0.1, -0.05) is 44.2 Å². The molecule has 0 radical (unpaired) electrons. The highest BCUT2D eigenvalue weighted by Crippen LogP contribution is 2.35. The van der Waals surface area contributed by atoms with Crippen LogP contribution in [0.4, 0.5) is 0 Å². The summed E-state index contributed by atoms with van der Waals surface area (Å²) in [5, 5.41) is 3.40. The molecule has 20 heavy (non-hydrogen) atoms. The average Bonchev–Trinajstić information content (AvgIpc) is 2.96. The lowest BCUT2D eigenvalue weighted by atomic mass is 9.91. The van der Waals surface area contributed by atoms with Crippen LogP contribution in [0.1, 0.15) is 50.3 Å². The summed E-state index contributed by atoms with van der Waals surface area (Å²) < 4.78 is 0. The number of hydrogen-bond acceptors (Lipinski definition) is 2. The van der Waals surface area contributed by atoms with E-state index in [9.17, 15) is 0 Å². The molecule has 2 heteroatoms. The van der Waals surface area contributed by atoms with Crippen LogP contribution in [0.2, 0.25) is 0 Å². The third-order valence-electron chi connectivity index (χ3n) is 4.25. The first-order chi connectivity index (χ1) is 9.86. The van der Waals surface area contributed by atoms with E-state index in [0.29, 0.717) is 6.04 Å². The van der Waals surface area contributed by atoms with E-state index in [2.05, 4.69) is 47.6 Å². The van der Waals surface area contributed by atoms with Crippen LogP contribution in [-0.4, -0.2) is 31.6 Å². The van der Waals surface area contributed by atoms with Crippen molar-refractivity contribution in [1.29, 1.82) is 0 Å². The van der Waals surface area contributed by atoms with Gasteiger partial charge in [-0.05, 0) is 56.1 Å². The van der Waals surface area contributed by atoms with Gasteiger partial charge < -0.3 is 5.32 Å². The van der Waals surface area contributed by atoms with E-state index >= 15 is 0 Å². The average molecular weight is 272 g/mol. The van der Waals surface area contributed by atoms with Gasteiger partial charge in [-0.3, -0.25) is 4.90 Å². The van der Waals surface area contributed by atoms with E-state index in [1.807, 2.05) is 13.8 Å². The molecule has 2 aliphatic heterocycles. The van der Waals surface area contributed by atoms with Gasteiger partial charge in [-0.2, -0.15) is 0 Å². The highest BCUT2D eigenvalue weighted by molar-refractivity contribution is 5.69. The molecule has 110 valence electrons. The standard InChI is InChI=1S/C16H22N2.C2H6/c1-18-12-4-7-16(18)15-6-3-2-5-14(15)13-8-10-17-11-9-13;1-2/h2-3,5-6,8,16-17H,4,7,9-12H2,1H3;1-2H3. The van der Waals surface area contributed by atoms with Gasteiger partial charge in [0.05, 0.1) is 0 Å². The summed E-state index contributed by atoms with van der Waals surface area (Å²) in [6, 6.07) is 9.61. The van der Waals surface area contributed by atoms with Gasteiger partial charge in [0.2, 0.25) is 0 Å². The number of benzene rings is 1. The normalized spacial score (nSPS) is 22.9. The predicted octanol–water partition coefficient (Wildman–Crippen LogP) is 3.86. The van der Waals surface area contributed by atoms with Gasteiger partial charge in [0.15, 0.2) is 0 Å². The molecule has 2 nitrogen and oxygen atoms in total. The Morgan fingerprint density at radius 2 is 2.00 bits per heavy atom. The third kappa shape index (κ3) is 3.31. The fourth-order valence-corrected chi connectivity index (χ4v) is 3.25.